The number of hydrogen-bond acceptors (Lipinski definition) is 3. The number of benzene rings is 3. The molecule has 3 aromatic rings. The molecule has 5 heteroatoms. The summed E-state index contributed by atoms with van der Waals surface area (Å²) in [5.74, 6) is 0.238. The van der Waals surface area contributed by atoms with Gasteiger partial charge in [0.25, 0.3) is 0 Å². The summed E-state index contributed by atoms with van der Waals surface area (Å²) in [6.07, 6.45) is 1.50. The molecule has 4 nitrogen and oxygen atoms in total. The van der Waals surface area contributed by atoms with Crippen LogP contribution in [0.5, 0.6) is 0 Å². The van der Waals surface area contributed by atoms with Crippen LogP contribution in [-0.2, 0) is 14.8 Å². The van der Waals surface area contributed by atoms with E-state index in [-0.39, 0.29) is 24.0 Å². The molecule has 0 aromatic heterocycles. The summed E-state index contributed by atoms with van der Waals surface area (Å²) in [5, 5.41) is 0. The molecule has 0 unspecified atom stereocenters. The molecule has 32 heavy (non-hydrogen) atoms. The number of hydrogen-bond donors (Lipinski definition) is 0. The van der Waals surface area contributed by atoms with Crippen molar-refractivity contribution >= 4 is 10.0 Å². The van der Waals surface area contributed by atoms with Crippen molar-refractivity contribution in [3.63, 3.8) is 0 Å². The minimum Gasteiger partial charge on any atom is -0.377 e. The van der Waals surface area contributed by atoms with Gasteiger partial charge >= 0.3 is 0 Å². The summed E-state index contributed by atoms with van der Waals surface area (Å²) in [5.41, 5.74) is 3.48. The fraction of sp³-hybridized carbons (Fsp3) is 0.333. The van der Waals surface area contributed by atoms with E-state index >= 15 is 0 Å². The lowest BCUT2D eigenvalue weighted by atomic mass is 9.77. The Labute approximate surface area is 190 Å². The molecule has 166 valence electrons. The standard InChI is InChI=1S/C27H29NO3S/c1-20-12-14-23(15-13-20)32(29,30)28-18-16-24-25(28)17-19-31-27(24)26(21-8-4-2-5-9-21)22-10-6-3-7-11-22/h2-15,24-27H,16-19H2,1H3/t24-,25-,27+/m0/s1. The fourth-order valence-corrected chi connectivity index (χ4v) is 7.13. The van der Waals surface area contributed by atoms with Crippen LogP contribution in [0.2, 0.25) is 0 Å². The first-order valence-corrected chi connectivity index (χ1v) is 12.8. The molecule has 2 fully saturated rings. The number of rotatable bonds is 5. The molecular weight excluding hydrogens is 418 g/mol. The first-order valence-electron chi connectivity index (χ1n) is 11.4. The van der Waals surface area contributed by atoms with Crippen LogP contribution in [0.3, 0.4) is 0 Å². The molecule has 0 radical (unpaired) electrons. The summed E-state index contributed by atoms with van der Waals surface area (Å²) in [6, 6.07) is 28.1. The molecule has 3 atom stereocenters. The third kappa shape index (κ3) is 3.90. The summed E-state index contributed by atoms with van der Waals surface area (Å²) in [7, 11) is -3.53. The Balaban J connectivity index is 1.49. The Bertz CT molecular complexity index is 1110. The predicted molar refractivity (Wildman–Crippen MR) is 126 cm³/mol. The Hall–Kier alpha value is -2.47. The summed E-state index contributed by atoms with van der Waals surface area (Å²) in [4.78, 5) is 0.384. The van der Waals surface area contributed by atoms with Crippen LogP contribution in [-0.4, -0.2) is 38.0 Å². The molecule has 2 aliphatic heterocycles. The third-order valence-corrected chi connectivity index (χ3v) is 8.91. The second-order valence-electron chi connectivity index (χ2n) is 8.87. The largest absolute Gasteiger partial charge is 0.377 e. The van der Waals surface area contributed by atoms with Crippen LogP contribution in [0.1, 0.15) is 35.4 Å². The highest BCUT2D eigenvalue weighted by atomic mass is 32.2. The number of nitrogens with zero attached hydrogens (tertiary/aromatic N) is 1. The minimum atomic E-state index is -3.53. The molecule has 2 saturated heterocycles. The molecule has 2 aliphatic rings. The van der Waals surface area contributed by atoms with E-state index in [4.69, 9.17) is 4.74 Å². The van der Waals surface area contributed by atoms with Gasteiger partial charge in [0.2, 0.25) is 10.0 Å². The number of sulfonamides is 1. The summed E-state index contributed by atoms with van der Waals surface area (Å²) < 4.78 is 35.2. The Kier molecular flexibility index (Phi) is 5.89. The summed E-state index contributed by atoms with van der Waals surface area (Å²) >= 11 is 0. The topological polar surface area (TPSA) is 46.6 Å². The molecule has 0 spiro atoms. The van der Waals surface area contributed by atoms with Gasteiger partial charge in [-0.1, -0.05) is 78.4 Å². The van der Waals surface area contributed by atoms with Gasteiger partial charge in [-0.05, 0) is 43.0 Å². The van der Waals surface area contributed by atoms with Crippen LogP contribution in [0.4, 0.5) is 0 Å². The van der Waals surface area contributed by atoms with Crippen molar-refractivity contribution in [3.8, 4) is 0 Å². The van der Waals surface area contributed by atoms with Crippen molar-refractivity contribution in [1.29, 1.82) is 0 Å². The molecular formula is C27H29NO3S. The normalized spacial score (nSPS) is 23.9. The highest BCUT2D eigenvalue weighted by Crippen LogP contribution is 2.44. The van der Waals surface area contributed by atoms with Gasteiger partial charge in [0.1, 0.15) is 0 Å². The molecule has 0 saturated carbocycles. The Morgan fingerprint density at radius 1 is 0.844 bits per heavy atom. The van der Waals surface area contributed by atoms with E-state index in [1.165, 1.54) is 11.1 Å². The minimum absolute atomic E-state index is 0.0324. The van der Waals surface area contributed by atoms with E-state index < -0.39 is 10.0 Å². The molecule has 2 heterocycles. The average Bonchev–Trinajstić information content (AvgIpc) is 3.27. The average molecular weight is 448 g/mol. The quantitative estimate of drug-likeness (QED) is 0.553. The van der Waals surface area contributed by atoms with Crippen molar-refractivity contribution in [3.05, 3.63) is 102 Å². The van der Waals surface area contributed by atoms with Crippen LogP contribution in [0, 0.1) is 12.8 Å². The number of aryl methyl sites for hydroxylation is 1. The van der Waals surface area contributed by atoms with Crippen molar-refractivity contribution in [2.24, 2.45) is 5.92 Å². The van der Waals surface area contributed by atoms with Crippen molar-refractivity contribution in [2.75, 3.05) is 13.2 Å². The second-order valence-corrected chi connectivity index (χ2v) is 10.8. The highest BCUT2D eigenvalue weighted by Gasteiger charge is 2.49. The van der Waals surface area contributed by atoms with Crippen LogP contribution in [0.25, 0.3) is 0 Å². The maximum atomic E-state index is 13.5. The van der Waals surface area contributed by atoms with Gasteiger partial charge < -0.3 is 4.74 Å². The van der Waals surface area contributed by atoms with Gasteiger partial charge in [0.05, 0.1) is 11.0 Å². The summed E-state index contributed by atoms with van der Waals surface area (Å²) in [6.45, 7) is 3.09. The SMILES string of the molecule is Cc1ccc(S(=O)(=O)N2CC[C@@H]3[C@H](C(c4ccccc4)c4ccccc4)OCC[C@@H]32)cc1. The molecule has 0 amide bonds. The maximum Gasteiger partial charge on any atom is 0.243 e. The first-order chi connectivity index (χ1) is 15.6. The van der Waals surface area contributed by atoms with E-state index in [9.17, 15) is 8.42 Å². The van der Waals surface area contributed by atoms with Crippen LogP contribution in [0.15, 0.2) is 89.8 Å². The zero-order valence-corrected chi connectivity index (χ0v) is 19.1. The molecule has 0 bridgehead atoms. The Morgan fingerprint density at radius 3 is 2.03 bits per heavy atom. The van der Waals surface area contributed by atoms with E-state index in [0.717, 1.165) is 18.4 Å². The Morgan fingerprint density at radius 2 is 1.44 bits per heavy atom. The lowest BCUT2D eigenvalue weighted by Gasteiger charge is -2.40. The zero-order valence-electron chi connectivity index (χ0n) is 18.3. The fourth-order valence-electron chi connectivity index (χ4n) is 5.42. The smallest absolute Gasteiger partial charge is 0.243 e. The van der Waals surface area contributed by atoms with Gasteiger partial charge in [0, 0.05) is 31.0 Å². The van der Waals surface area contributed by atoms with Crippen molar-refractivity contribution in [2.45, 2.75) is 42.7 Å². The maximum absolute atomic E-state index is 13.5. The first kappa shape index (κ1) is 21.4. The van der Waals surface area contributed by atoms with Gasteiger partial charge in [0.15, 0.2) is 0 Å². The third-order valence-electron chi connectivity index (χ3n) is 6.97. The van der Waals surface area contributed by atoms with E-state index in [2.05, 4.69) is 48.5 Å². The van der Waals surface area contributed by atoms with E-state index in [1.807, 2.05) is 31.2 Å². The lowest BCUT2D eigenvalue weighted by Crippen LogP contribution is -2.47. The van der Waals surface area contributed by atoms with Crippen molar-refractivity contribution < 1.29 is 13.2 Å². The van der Waals surface area contributed by atoms with Crippen molar-refractivity contribution in [1.82, 2.24) is 4.31 Å². The number of ether oxygens (including phenoxy) is 1. The second kappa shape index (κ2) is 8.81. The highest BCUT2D eigenvalue weighted by molar-refractivity contribution is 7.89. The monoisotopic (exact) mass is 447 g/mol. The van der Waals surface area contributed by atoms with Gasteiger partial charge in [-0.15, -0.1) is 0 Å². The molecule has 3 aromatic carbocycles. The van der Waals surface area contributed by atoms with E-state index in [1.54, 1.807) is 16.4 Å². The number of fused-ring (bicyclic) bond motifs is 1. The van der Waals surface area contributed by atoms with E-state index in [0.29, 0.717) is 18.0 Å². The zero-order chi connectivity index (χ0) is 22.1. The van der Waals surface area contributed by atoms with Crippen LogP contribution < -0.4 is 0 Å². The lowest BCUT2D eigenvalue weighted by molar-refractivity contribution is -0.0472. The van der Waals surface area contributed by atoms with Gasteiger partial charge in [-0.25, -0.2) is 8.42 Å². The molecule has 0 N–H and O–H groups in total. The van der Waals surface area contributed by atoms with Gasteiger partial charge in [-0.3, -0.25) is 0 Å². The molecule has 0 aliphatic carbocycles. The van der Waals surface area contributed by atoms with Gasteiger partial charge in [-0.2, -0.15) is 4.31 Å². The predicted octanol–water partition coefficient (Wildman–Crippen LogP) is 5.00. The van der Waals surface area contributed by atoms with Crippen LogP contribution >= 0.6 is 0 Å². The molecule has 5 rings (SSSR count).